The fourth-order valence-electron chi connectivity index (χ4n) is 2.27. The number of para-hydroxylation sites is 1. The minimum absolute atomic E-state index is 0.367. The summed E-state index contributed by atoms with van der Waals surface area (Å²) >= 11 is 0. The molecule has 2 heteroatoms. The lowest BCUT2D eigenvalue weighted by molar-refractivity contribution is 0.238. The SMILES string of the molecule is CC(C)C(C)(C)CNCC1Cc2ccccc2N1. The summed E-state index contributed by atoms with van der Waals surface area (Å²) in [6.45, 7) is 11.4. The molecule has 0 aromatic heterocycles. The maximum Gasteiger partial charge on any atom is 0.0427 e. The Kier molecular flexibility index (Phi) is 3.96. The highest BCUT2D eigenvalue weighted by Gasteiger charge is 2.23. The van der Waals surface area contributed by atoms with Gasteiger partial charge >= 0.3 is 0 Å². The molecule has 1 heterocycles. The third-order valence-corrected chi connectivity index (χ3v) is 4.38. The van der Waals surface area contributed by atoms with Crippen molar-refractivity contribution in [3.05, 3.63) is 29.8 Å². The molecule has 0 spiro atoms. The average Bonchev–Trinajstić information content (AvgIpc) is 2.70. The zero-order valence-electron chi connectivity index (χ0n) is 12.1. The molecule has 100 valence electrons. The first-order chi connectivity index (χ1) is 8.49. The van der Waals surface area contributed by atoms with E-state index in [0.717, 1.165) is 19.5 Å². The second-order valence-electron chi connectivity index (χ2n) is 6.48. The van der Waals surface area contributed by atoms with Crippen LogP contribution in [0.25, 0.3) is 0 Å². The first-order valence-corrected chi connectivity index (χ1v) is 7.04. The van der Waals surface area contributed by atoms with Crippen LogP contribution in [0, 0.1) is 11.3 Å². The molecular weight excluding hydrogens is 220 g/mol. The minimum atomic E-state index is 0.367. The minimum Gasteiger partial charge on any atom is -0.380 e. The van der Waals surface area contributed by atoms with E-state index in [4.69, 9.17) is 0 Å². The Morgan fingerprint density at radius 1 is 1.33 bits per heavy atom. The maximum atomic E-state index is 3.62. The fourth-order valence-corrected chi connectivity index (χ4v) is 2.27. The first kappa shape index (κ1) is 13.4. The van der Waals surface area contributed by atoms with Crippen molar-refractivity contribution in [1.82, 2.24) is 5.32 Å². The highest BCUT2D eigenvalue weighted by molar-refractivity contribution is 5.56. The summed E-state index contributed by atoms with van der Waals surface area (Å²) in [4.78, 5) is 0. The van der Waals surface area contributed by atoms with E-state index in [2.05, 4.69) is 62.6 Å². The largest absolute Gasteiger partial charge is 0.380 e. The third-order valence-electron chi connectivity index (χ3n) is 4.38. The second kappa shape index (κ2) is 5.31. The van der Waals surface area contributed by atoms with Crippen LogP contribution in [0.15, 0.2) is 24.3 Å². The van der Waals surface area contributed by atoms with Crippen molar-refractivity contribution in [2.24, 2.45) is 11.3 Å². The van der Waals surface area contributed by atoms with Crippen molar-refractivity contribution in [3.63, 3.8) is 0 Å². The number of benzene rings is 1. The van der Waals surface area contributed by atoms with Crippen molar-refractivity contribution in [2.45, 2.75) is 40.2 Å². The van der Waals surface area contributed by atoms with Gasteiger partial charge in [0.1, 0.15) is 0 Å². The van der Waals surface area contributed by atoms with Crippen molar-refractivity contribution < 1.29 is 0 Å². The van der Waals surface area contributed by atoms with E-state index < -0.39 is 0 Å². The number of fused-ring (bicyclic) bond motifs is 1. The molecule has 0 bridgehead atoms. The number of hydrogen-bond donors (Lipinski definition) is 2. The highest BCUT2D eigenvalue weighted by Crippen LogP contribution is 2.26. The summed E-state index contributed by atoms with van der Waals surface area (Å²) in [5, 5.41) is 7.21. The molecular formula is C16H26N2. The van der Waals surface area contributed by atoms with Gasteiger partial charge in [-0.05, 0) is 29.4 Å². The monoisotopic (exact) mass is 246 g/mol. The number of hydrogen-bond acceptors (Lipinski definition) is 2. The molecule has 0 fully saturated rings. The summed E-state index contributed by atoms with van der Waals surface area (Å²) in [6.07, 6.45) is 1.14. The maximum absolute atomic E-state index is 3.62. The molecule has 2 nitrogen and oxygen atoms in total. The smallest absolute Gasteiger partial charge is 0.0427 e. The highest BCUT2D eigenvalue weighted by atomic mass is 15.0. The Hall–Kier alpha value is -1.02. The van der Waals surface area contributed by atoms with Gasteiger partial charge in [-0.15, -0.1) is 0 Å². The van der Waals surface area contributed by atoms with Crippen LogP contribution < -0.4 is 10.6 Å². The summed E-state index contributed by atoms with van der Waals surface area (Å²) in [7, 11) is 0. The van der Waals surface area contributed by atoms with Gasteiger partial charge in [0, 0.05) is 24.8 Å². The molecule has 1 aromatic rings. The molecule has 0 amide bonds. The summed E-state index contributed by atoms with van der Waals surface area (Å²) in [5.74, 6) is 0.707. The van der Waals surface area contributed by atoms with Gasteiger partial charge in [0.15, 0.2) is 0 Å². The van der Waals surface area contributed by atoms with Crippen LogP contribution in [0.3, 0.4) is 0 Å². The van der Waals surface area contributed by atoms with E-state index in [-0.39, 0.29) is 0 Å². The molecule has 0 saturated carbocycles. The summed E-state index contributed by atoms with van der Waals surface area (Å²) in [6, 6.07) is 9.17. The topological polar surface area (TPSA) is 24.1 Å². The third kappa shape index (κ3) is 3.05. The van der Waals surface area contributed by atoms with Gasteiger partial charge in [-0.3, -0.25) is 0 Å². The van der Waals surface area contributed by atoms with Crippen LogP contribution in [-0.4, -0.2) is 19.1 Å². The van der Waals surface area contributed by atoms with Gasteiger partial charge in [-0.25, -0.2) is 0 Å². The zero-order chi connectivity index (χ0) is 13.2. The Bertz CT molecular complexity index is 371. The van der Waals surface area contributed by atoms with Crippen LogP contribution in [0.4, 0.5) is 5.69 Å². The first-order valence-electron chi connectivity index (χ1n) is 7.04. The lowest BCUT2D eigenvalue weighted by Gasteiger charge is -2.30. The van der Waals surface area contributed by atoms with Crippen molar-refractivity contribution in [3.8, 4) is 0 Å². The van der Waals surface area contributed by atoms with E-state index in [1.165, 1.54) is 11.3 Å². The van der Waals surface area contributed by atoms with Crippen LogP contribution >= 0.6 is 0 Å². The van der Waals surface area contributed by atoms with Crippen molar-refractivity contribution in [2.75, 3.05) is 18.4 Å². The van der Waals surface area contributed by atoms with Gasteiger partial charge < -0.3 is 10.6 Å². The van der Waals surface area contributed by atoms with E-state index >= 15 is 0 Å². The summed E-state index contributed by atoms with van der Waals surface area (Å²) < 4.78 is 0. The lowest BCUT2D eigenvalue weighted by Crippen LogP contribution is -2.39. The number of nitrogens with one attached hydrogen (secondary N) is 2. The molecule has 18 heavy (non-hydrogen) atoms. The Labute approximate surface area is 111 Å². The average molecular weight is 246 g/mol. The number of anilines is 1. The molecule has 1 aliphatic heterocycles. The molecule has 2 N–H and O–H groups in total. The molecule has 1 aromatic carbocycles. The zero-order valence-corrected chi connectivity index (χ0v) is 12.1. The number of rotatable bonds is 5. The van der Waals surface area contributed by atoms with E-state index in [1.807, 2.05) is 0 Å². The van der Waals surface area contributed by atoms with Crippen LogP contribution in [0.5, 0.6) is 0 Å². The van der Waals surface area contributed by atoms with E-state index in [0.29, 0.717) is 17.4 Å². The Balaban J connectivity index is 1.78. The van der Waals surface area contributed by atoms with Gasteiger partial charge in [0.2, 0.25) is 0 Å². The van der Waals surface area contributed by atoms with Crippen LogP contribution in [-0.2, 0) is 6.42 Å². The normalized spacial score (nSPS) is 18.8. The summed E-state index contributed by atoms with van der Waals surface area (Å²) in [5.41, 5.74) is 3.13. The predicted molar refractivity (Wildman–Crippen MR) is 79.0 cm³/mol. The fraction of sp³-hybridized carbons (Fsp3) is 0.625. The van der Waals surface area contributed by atoms with Crippen LogP contribution in [0.2, 0.25) is 0 Å². The molecule has 2 rings (SSSR count). The molecule has 0 saturated heterocycles. The molecule has 1 unspecified atom stereocenters. The van der Waals surface area contributed by atoms with E-state index in [1.54, 1.807) is 0 Å². The van der Waals surface area contributed by atoms with Gasteiger partial charge in [-0.1, -0.05) is 45.9 Å². The molecule has 0 aliphatic carbocycles. The van der Waals surface area contributed by atoms with Gasteiger partial charge in [-0.2, -0.15) is 0 Å². The molecule has 1 atom stereocenters. The molecule has 0 radical (unpaired) electrons. The predicted octanol–water partition coefficient (Wildman–Crippen LogP) is 3.30. The standard InChI is InChI=1S/C16H26N2/c1-12(2)16(3,4)11-17-10-14-9-13-7-5-6-8-15(13)18-14/h5-8,12,14,17-18H,9-11H2,1-4H3. The van der Waals surface area contributed by atoms with Gasteiger partial charge in [0.05, 0.1) is 0 Å². The Morgan fingerprint density at radius 2 is 2.06 bits per heavy atom. The van der Waals surface area contributed by atoms with E-state index in [9.17, 15) is 0 Å². The molecule has 1 aliphatic rings. The van der Waals surface area contributed by atoms with Crippen LogP contribution in [0.1, 0.15) is 33.3 Å². The van der Waals surface area contributed by atoms with Crippen molar-refractivity contribution in [1.29, 1.82) is 0 Å². The lowest BCUT2D eigenvalue weighted by atomic mass is 9.81. The van der Waals surface area contributed by atoms with Crippen molar-refractivity contribution >= 4 is 5.69 Å². The van der Waals surface area contributed by atoms with Gasteiger partial charge in [0.25, 0.3) is 0 Å². The quantitative estimate of drug-likeness (QED) is 0.833. The second-order valence-corrected chi connectivity index (χ2v) is 6.48. The Morgan fingerprint density at radius 3 is 2.72 bits per heavy atom.